The molecule has 20 heavy (non-hydrogen) atoms. The van der Waals surface area contributed by atoms with Gasteiger partial charge in [0.1, 0.15) is 0 Å². The molecule has 0 spiro atoms. The van der Waals surface area contributed by atoms with Crippen LogP contribution >= 0.6 is 0 Å². The third kappa shape index (κ3) is 2.78. The molecule has 5 nitrogen and oxygen atoms in total. The molecule has 0 amide bonds. The van der Waals surface area contributed by atoms with Crippen molar-refractivity contribution >= 4 is 11.1 Å². The van der Waals surface area contributed by atoms with Crippen LogP contribution in [0.25, 0.3) is 11.1 Å². The summed E-state index contributed by atoms with van der Waals surface area (Å²) in [6.45, 7) is 4.86. The van der Waals surface area contributed by atoms with Crippen molar-refractivity contribution < 1.29 is 9.15 Å². The predicted octanol–water partition coefficient (Wildman–Crippen LogP) is 1.40. The lowest BCUT2D eigenvalue weighted by molar-refractivity contribution is 0.0375. The number of nitrogens with zero attached hydrogens (tertiary/aromatic N) is 2. The summed E-state index contributed by atoms with van der Waals surface area (Å²) in [6, 6.07) is 6.02. The molecule has 2 heterocycles. The Bertz CT molecular complexity index is 638. The van der Waals surface area contributed by atoms with Crippen molar-refractivity contribution in [2.75, 3.05) is 32.8 Å². The second-order valence-corrected chi connectivity index (χ2v) is 5.29. The highest BCUT2D eigenvalue weighted by Gasteiger charge is 2.10. The fourth-order valence-corrected chi connectivity index (χ4v) is 2.67. The quantitative estimate of drug-likeness (QED) is 0.847. The van der Waals surface area contributed by atoms with Gasteiger partial charge in [0.15, 0.2) is 5.58 Å². The Morgan fingerprint density at radius 1 is 1.25 bits per heavy atom. The molecule has 0 atom stereocenters. The minimum atomic E-state index is -0.300. The van der Waals surface area contributed by atoms with E-state index in [1.165, 1.54) is 10.1 Å². The van der Waals surface area contributed by atoms with Crippen LogP contribution in [0, 0.1) is 0 Å². The van der Waals surface area contributed by atoms with Gasteiger partial charge in [0, 0.05) is 20.1 Å². The topological polar surface area (TPSA) is 47.6 Å². The molecule has 1 aliphatic rings. The number of aromatic nitrogens is 1. The molecule has 0 unspecified atom stereocenters. The van der Waals surface area contributed by atoms with E-state index in [9.17, 15) is 4.79 Å². The van der Waals surface area contributed by atoms with Crippen LogP contribution < -0.4 is 5.76 Å². The zero-order valence-electron chi connectivity index (χ0n) is 11.8. The Morgan fingerprint density at radius 2 is 2.05 bits per heavy atom. The van der Waals surface area contributed by atoms with E-state index in [0.29, 0.717) is 5.58 Å². The molecule has 0 saturated carbocycles. The standard InChI is InChI=1S/C15H20N2O3/c1-16-13-5-4-12(11-14(13)20-15(16)18)3-2-6-17-7-9-19-10-8-17/h4-5,11H,2-3,6-10H2,1H3. The van der Waals surface area contributed by atoms with Crippen molar-refractivity contribution in [2.45, 2.75) is 12.8 Å². The summed E-state index contributed by atoms with van der Waals surface area (Å²) < 4.78 is 12.1. The average molecular weight is 276 g/mol. The lowest BCUT2D eigenvalue weighted by Gasteiger charge is -2.26. The van der Waals surface area contributed by atoms with Crippen molar-refractivity contribution in [3.05, 3.63) is 34.3 Å². The zero-order valence-corrected chi connectivity index (χ0v) is 11.8. The molecule has 3 rings (SSSR count). The van der Waals surface area contributed by atoms with Crippen molar-refractivity contribution in [3.63, 3.8) is 0 Å². The van der Waals surface area contributed by atoms with Crippen LogP contribution in [0.1, 0.15) is 12.0 Å². The minimum Gasteiger partial charge on any atom is -0.408 e. The van der Waals surface area contributed by atoms with E-state index < -0.39 is 0 Å². The monoisotopic (exact) mass is 276 g/mol. The number of ether oxygens (including phenoxy) is 1. The SMILES string of the molecule is Cn1c(=O)oc2cc(CCCN3CCOCC3)ccc21. The summed E-state index contributed by atoms with van der Waals surface area (Å²) in [4.78, 5) is 13.9. The first kappa shape index (κ1) is 13.4. The van der Waals surface area contributed by atoms with Gasteiger partial charge < -0.3 is 9.15 Å². The Hall–Kier alpha value is -1.59. The number of fused-ring (bicyclic) bond motifs is 1. The summed E-state index contributed by atoms with van der Waals surface area (Å²) in [5, 5.41) is 0. The van der Waals surface area contributed by atoms with Gasteiger partial charge >= 0.3 is 5.76 Å². The first-order valence-corrected chi connectivity index (χ1v) is 7.12. The summed E-state index contributed by atoms with van der Waals surface area (Å²) in [5.74, 6) is -0.300. The molecule has 1 fully saturated rings. The Morgan fingerprint density at radius 3 is 2.85 bits per heavy atom. The number of hydrogen-bond acceptors (Lipinski definition) is 4. The third-order valence-electron chi connectivity index (χ3n) is 3.90. The number of rotatable bonds is 4. The van der Waals surface area contributed by atoms with Crippen molar-refractivity contribution in [2.24, 2.45) is 7.05 Å². The summed E-state index contributed by atoms with van der Waals surface area (Å²) in [6.07, 6.45) is 2.12. The number of hydrogen-bond donors (Lipinski definition) is 0. The molecule has 0 radical (unpaired) electrons. The highest BCUT2D eigenvalue weighted by Crippen LogP contribution is 2.15. The molecular formula is C15H20N2O3. The number of oxazole rings is 1. The fraction of sp³-hybridized carbons (Fsp3) is 0.533. The first-order chi connectivity index (χ1) is 9.74. The van der Waals surface area contributed by atoms with Crippen molar-refractivity contribution in [1.29, 1.82) is 0 Å². The van der Waals surface area contributed by atoms with Gasteiger partial charge in [-0.1, -0.05) is 6.07 Å². The molecule has 0 N–H and O–H groups in total. The van der Waals surface area contributed by atoms with Crippen LogP contribution in [0.15, 0.2) is 27.4 Å². The van der Waals surface area contributed by atoms with Crippen LogP contribution in [-0.4, -0.2) is 42.3 Å². The normalized spacial score (nSPS) is 16.9. The molecular weight excluding hydrogens is 256 g/mol. The first-order valence-electron chi connectivity index (χ1n) is 7.12. The molecule has 0 aliphatic carbocycles. The van der Waals surface area contributed by atoms with Gasteiger partial charge in [-0.3, -0.25) is 9.47 Å². The van der Waals surface area contributed by atoms with Gasteiger partial charge in [-0.05, 0) is 37.1 Å². The molecule has 1 aliphatic heterocycles. The van der Waals surface area contributed by atoms with Crippen molar-refractivity contribution in [1.82, 2.24) is 9.47 Å². The number of aryl methyl sites for hydroxylation is 2. The van der Waals surface area contributed by atoms with Crippen LogP contribution in [-0.2, 0) is 18.2 Å². The fourth-order valence-electron chi connectivity index (χ4n) is 2.67. The van der Waals surface area contributed by atoms with Gasteiger partial charge in [0.2, 0.25) is 0 Å². The van der Waals surface area contributed by atoms with E-state index in [1.54, 1.807) is 7.05 Å². The zero-order chi connectivity index (χ0) is 13.9. The Labute approximate surface area is 117 Å². The predicted molar refractivity (Wildman–Crippen MR) is 77.0 cm³/mol. The highest BCUT2D eigenvalue weighted by atomic mass is 16.5. The van der Waals surface area contributed by atoms with Crippen LogP contribution in [0.5, 0.6) is 0 Å². The second-order valence-electron chi connectivity index (χ2n) is 5.29. The maximum atomic E-state index is 11.4. The van der Waals surface area contributed by atoms with E-state index in [-0.39, 0.29) is 5.76 Å². The number of benzene rings is 1. The molecule has 1 aromatic carbocycles. The second kappa shape index (κ2) is 5.81. The molecule has 0 bridgehead atoms. The van der Waals surface area contributed by atoms with E-state index >= 15 is 0 Å². The minimum absolute atomic E-state index is 0.300. The van der Waals surface area contributed by atoms with Crippen molar-refractivity contribution in [3.8, 4) is 0 Å². The lowest BCUT2D eigenvalue weighted by Crippen LogP contribution is -2.36. The van der Waals surface area contributed by atoms with Gasteiger partial charge in [-0.25, -0.2) is 4.79 Å². The van der Waals surface area contributed by atoms with E-state index in [4.69, 9.17) is 9.15 Å². The van der Waals surface area contributed by atoms with Gasteiger partial charge in [-0.15, -0.1) is 0 Å². The maximum Gasteiger partial charge on any atom is 0.419 e. The molecule has 108 valence electrons. The largest absolute Gasteiger partial charge is 0.419 e. The van der Waals surface area contributed by atoms with Crippen LogP contribution in [0.3, 0.4) is 0 Å². The van der Waals surface area contributed by atoms with E-state index in [1.807, 2.05) is 12.1 Å². The smallest absolute Gasteiger partial charge is 0.408 e. The highest BCUT2D eigenvalue weighted by molar-refractivity contribution is 5.73. The molecule has 1 aromatic heterocycles. The van der Waals surface area contributed by atoms with Gasteiger partial charge in [0.25, 0.3) is 0 Å². The van der Waals surface area contributed by atoms with E-state index in [2.05, 4.69) is 11.0 Å². The lowest BCUT2D eigenvalue weighted by atomic mass is 10.1. The van der Waals surface area contributed by atoms with E-state index in [0.717, 1.165) is 51.2 Å². The summed E-state index contributed by atoms with van der Waals surface area (Å²) in [7, 11) is 1.73. The molecule has 2 aromatic rings. The Balaban J connectivity index is 1.61. The summed E-state index contributed by atoms with van der Waals surface area (Å²) >= 11 is 0. The average Bonchev–Trinajstić information content (AvgIpc) is 2.75. The number of morpholine rings is 1. The van der Waals surface area contributed by atoms with Gasteiger partial charge in [-0.2, -0.15) is 0 Å². The maximum absolute atomic E-state index is 11.4. The van der Waals surface area contributed by atoms with Crippen LogP contribution in [0.2, 0.25) is 0 Å². The van der Waals surface area contributed by atoms with Crippen LogP contribution in [0.4, 0.5) is 0 Å². The Kier molecular flexibility index (Phi) is 3.89. The molecule has 1 saturated heterocycles. The summed E-state index contributed by atoms with van der Waals surface area (Å²) in [5.41, 5.74) is 2.76. The van der Waals surface area contributed by atoms with Gasteiger partial charge in [0.05, 0.1) is 18.7 Å². The molecule has 5 heteroatoms. The third-order valence-corrected chi connectivity index (χ3v) is 3.90.